The van der Waals surface area contributed by atoms with Gasteiger partial charge >= 0.3 is 6.03 Å². The molecule has 0 aromatic carbocycles. The van der Waals surface area contributed by atoms with Crippen molar-refractivity contribution in [3.05, 3.63) is 0 Å². The van der Waals surface area contributed by atoms with E-state index in [-0.39, 0.29) is 24.9 Å². The second-order valence-corrected chi connectivity index (χ2v) is 4.49. The van der Waals surface area contributed by atoms with Gasteiger partial charge in [0.25, 0.3) is 5.91 Å². The lowest BCUT2D eigenvalue weighted by molar-refractivity contribution is -0.132. The van der Waals surface area contributed by atoms with Gasteiger partial charge in [-0.2, -0.15) is 0 Å². The van der Waals surface area contributed by atoms with Gasteiger partial charge in [0, 0.05) is 13.0 Å². The fourth-order valence-electron chi connectivity index (χ4n) is 2.56. The van der Waals surface area contributed by atoms with Crippen molar-refractivity contribution in [1.82, 2.24) is 10.2 Å². The average Bonchev–Trinajstić information content (AvgIpc) is 2.50. The first kappa shape index (κ1) is 11.1. The fraction of sp³-hybridized carbons (Fsp3) is 0.727. The van der Waals surface area contributed by atoms with Crippen LogP contribution in [0, 0.1) is 0 Å². The van der Waals surface area contributed by atoms with Crippen molar-refractivity contribution in [3.8, 4) is 0 Å². The number of hydrogen-bond acceptors (Lipinski definition) is 3. The molecule has 1 saturated carbocycles. The molecule has 3 amide bonds. The number of rotatable bonds is 3. The molecule has 2 fully saturated rings. The molecule has 0 aromatic heterocycles. The molecule has 0 aromatic rings. The summed E-state index contributed by atoms with van der Waals surface area (Å²) in [4.78, 5) is 35.2. The quantitative estimate of drug-likeness (QED) is 0.570. The van der Waals surface area contributed by atoms with Crippen molar-refractivity contribution in [2.75, 3.05) is 6.54 Å². The van der Waals surface area contributed by atoms with Crippen molar-refractivity contribution < 1.29 is 14.4 Å². The van der Waals surface area contributed by atoms with Crippen molar-refractivity contribution in [2.45, 2.75) is 44.1 Å². The van der Waals surface area contributed by atoms with Gasteiger partial charge in [0.2, 0.25) is 0 Å². The number of carbonyl (C=O) groups excluding carboxylic acids is 3. The molecule has 88 valence electrons. The van der Waals surface area contributed by atoms with Crippen molar-refractivity contribution in [3.63, 3.8) is 0 Å². The Morgan fingerprint density at radius 1 is 1.25 bits per heavy atom. The van der Waals surface area contributed by atoms with E-state index in [0.717, 1.165) is 38.4 Å². The normalized spacial score (nSPS) is 23.6. The molecule has 16 heavy (non-hydrogen) atoms. The Labute approximate surface area is 94.2 Å². The first-order valence-electron chi connectivity index (χ1n) is 5.77. The van der Waals surface area contributed by atoms with Crippen LogP contribution in [0.2, 0.25) is 0 Å². The summed E-state index contributed by atoms with van der Waals surface area (Å²) >= 11 is 0. The summed E-state index contributed by atoms with van der Waals surface area (Å²) in [5, 5.41) is 2.80. The van der Waals surface area contributed by atoms with E-state index in [1.54, 1.807) is 0 Å². The van der Waals surface area contributed by atoms with Crippen LogP contribution in [0.15, 0.2) is 0 Å². The van der Waals surface area contributed by atoms with E-state index in [4.69, 9.17) is 0 Å². The lowest BCUT2D eigenvalue weighted by Gasteiger charge is -2.30. The van der Waals surface area contributed by atoms with Crippen LogP contribution in [-0.4, -0.2) is 35.2 Å². The maximum absolute atomic E-state index is 12.1. The van der Waals surface area contributed by atoms with Gasteiger partial charge in [-0.05, 0) is 12.8 Å². The van der Waals surface area contributed by atoms with Crippen molar-refractivity contribution in [2.24, 2.45) is 0 Å². The second kappa shape index (κ2) is 4.23. The Kier molecular flexibility index (Phi) is 2.94. The van der Waals surface area contributed by atoms with E-state index in [0.29, 0.717) is 0 Å². The van der Waals surface area contributed by atoms with Gasteiger partial charge in [0.15, 0.2) is 0 Å². The topological polar surface area (TPSA) is 66.5 Å². The Morgan fingerprint density at radius 3 is 2.56 bits per heavy atom. The summed E-state index contributed by atoms with van der Waals surface area (Å²) in [6.45, 7) is 0.204. The predicted molar refractivity (Wildman–Crippen MR) is 56.7 cm³/mol. The summed E-state index contributed by atoms with van der Waals surface area (Å²) in [5.74, 6) is -0.140. The van der Waals surface area contributed by atoms with Gasteiger partial charge in [-0.3, -0.25) is 9.69 Å². The minimum Gasteiger partial charge on any atom is -0.323 e. The Balaban J connectivity index is 2.11. The van der Waals surface area contributed by atoms with E-state index in [2.05, 4.69) is 5.32 Å². The SMILES string of the molecule is O=CCCN1C(=O)NC2(CCCCC2)C1=O. The lowest BCUT2D eigenvalue weighted by atomic mass is 9.82. The number of carbonyl (C=O) groups is 3. The van der Waals surface area contributed by atoms with Crippen LogP contribution in [0.1, 0.15) is 38.5 Å². The molecule has 2 rings (SSSR count). The molecule has 2 aliphatic rings. The number of aldehydes is 1. The Morgan fingerprint density at radius 2 is 1.94 bits per heavy atom. The molecule has 0 unspecified atom stereocenters. The minimum absolute atomic E-state index is 0.140. The van der Waals surface area contributed by atoms with Gasteiger partial charge < -0.3 is 10.1 Å². The lowest BCUT2D eigenvalue weighted by Crippen LogP contribution is -2.48. The molecular formula is C11H16N2O3. The highest BCUT2D eigenvalue weighted by Crippen LogP contribution is 2.33. The number of nitrogens with one attached hydrogen (secondary N) is 1. The highest BCUT2D eigenvalue weighted by Gasteiger charge is 2.50. The summed E-state index contributed by atoms with van der Waals surface area (Å²) in [5.41, 5.74) is -0.655. The summed E-state index contributed by atoms with van der Waals surface area (Å²) < 4.78 is 0. The molecule has 0 bridgehead atoms. The van der Waals surface area contributed by atoms with Crippen LogP contribution in [0.4, 0.5) is 4.79 Å². The molecule has 1 saturated heterocycles. The van der Waals surface area contributed by atoms with E-state index >= 15 is 0 Å². The van der Waals surface area contributed by atoms with Crippen LogP contribution >= 0.6 is 0 Å². The molecule has 1 aliphatic carbocycles. The van der Waals surface area contributed by atoms with Gasteiger partial charge in [-0.25, -0.2) is 4.79 Å². The molecule has 5 heteroatoms. The van der Waals surface area contributed by atoms with Gasteiger partial charge in [0.1, 0.15) is 11.8 Å². The van der Waals surface area contributed by atoms with E-state index in [1.807, 2.05) is 0 Å². The van der Waals surface area contributed by atoms with Gasteiger partial charge in [-0.15, -0.1) is 0 Å². The number of amides is 3. The van der Waals surface area contributed by atoms with Crippen LogP contribution in [0.3, 0.4) is 0 Å². The smallest absolute Gasteiger partial charge is 0.323 e. The van der Waals surface area contributed by atoms with Crippen LogP contribution in [-0.2, 0) is 9.59 Å². The highest BCUT2D eigenvalue weighted by atomic mass is 16.2. The highest BCUT2D eigenvalue weighted by molar-refractivity contribution is 6.07. The van der Waals surface area contributed by atoms with E-state index in [1.165, 1.54) is 4.90 Å². The van der Waals surface area contributed by atoms with Gasteiger partial charge in [0.05, 0.1) is 0 Å². The maximum atomic E-state index is 12.1. The number of nitrogens with zero attached hydrogens (tertiary/aromatic N) is 1. The van der Waals surface area contributed by atoms with E-state index in [9.17, 15) is 14.4 Å². The number of hydrogen-bond donors (Lipinski definition) is 1. The first-order valence-corrected chi connectivity index (χ1v) is 5.77. The molecular weight excluding hydrogens is 208 g/mol. The minimum atomic E-state index is -0.655. The fourth-order valence-corrected chi connectivity index (χ4v) is 2.56. The summed E-state index contributed by atoms with van der Waals surface area (Å²) in [6.07, 6.45) is 5.49. The maximum Gasteiger partial charge on any atom is 0.325 e. The van der Waals surface area contributed by atoms with Crippen molar-refractivity contribution >= 4 is 18.2 Å². The van der Waals surface area contributed by atoms with E-state index < -0.39 is 5.54 Å². The zero-order chi connectivity index (χ0) is 11.6. The molecule has 1 spiro atoms. The summed E-state index contributed by atoms with van der Waals surface area (Å²) in [6, 6.07) is -0.339. The van der Waals surface area contributed by atoms with Gasteiger partial charge in [-0.1, -0.05) is 19.3 Å². The number of urea groups is 1. The number of imide groups is 1. The first-order chi connectivity index (χ1) is 7.69. The molecule has 0 atom stereocenters. The average molecular weight is 224 g/mol. The van der Waals surface area contributed by atoms with Crippen molar-refractivity contribution in [1.29, 1.82) is 0 Å². The summed E-state index contributed by atoms with van der Waals surface area (Å²) in [7, 11) is 0. The Hall–Kier alpha value is -1.39. The molecule has 1 N–H and O–H groups in total. The molecule has 0 radical (unpaired) electrons. The van der Waals surface area contributed by atoms with Crippen LogP contribution in [0.5, 0.6) is 0 Å². The third-order valence-corrected chi connectivity index (χ3v) is 3.42. The second-order valence-electron chi connectivity index (χ2n) is 4.49. The monoisotopic (exact) mass is 224 g/mol. The Bertz CT molecular complexity index is 321. The third kappa shape index (κ3) is 1.70. The molecule has 5 nitrogen and oxygen atoms in total. The third-order valence-electron chi connectivity index (χ3n) is 3.42. The zero-order valence-electron chi connectivity index (χ0n) is 9.20. The standard InChI is InChI=1S/C11H16N2O3/c14-8-4-7-13-9(15)11(12-10(13)16)5-2-1-3-6-11/h8H,1-7H2,(H,12,16). The molecule has 1 aliphatic heterocycles. The predicted octanol–water partition coefficient (Wildman–Crippen LogP) is 0.830. The van der Waals surface area contributed by atoms with Crippen LogP contribution in [0.25, 0.3) is 0 Å². The molecule has 1 heterocycles. The van der Waals surface area contributed by atoms with Crippen LogP contribution < -0.4 is 5.32 Å². The largest absolute Gasteiger partial charge is 0.325 e. The zero-order valence-corrected chi connectivity index (χ0v) is 9.20.